The van der Waals surface area contributed by atoms with Crippen molar-refractivity contribution in [3.05, 3.63) is 47.4 Å². The van der Waals surface area contributed by atoms with Crippen LogP contribution >= 0.6 is 11.6 Å². The number of nitrogens with zero attached hydrogens (tertiary/aromatic N) is 2. The van der Waals surface area contributed by atoms with Crippen LogP contribution in [-0.4, -0.2) is 73.9 Å². The fraction of sp³-hybridized carbons (Fsp3) is 0.429. The van der Waals surface area contributed by atoms with E-state index < -0.39 is 18.7 Å². The summed E-state index contributed by atoms with van der Waals surface area (Å²) in [6, 6.07) is 7.58. The van der Waals surface area contributed by atoms with Crippen molar-refractivity contribution in [3.63, 3.8) is 0 Å². The van der Waals surface area contributed by atoms with E-state index >= 15 is 0 Å². The molecule has 1 saturated heterocycles. The third-order valence-electron chi connectivity index (χ3n) is 4.90. The standard InChI is InChI=1S/C21H24ClF3N4O4/c22-16-13-15(4-5-17(16)27-19(30)18-3-1-12-33-18)26-20(31)29-9-7-28(8-10-29)6-2-11-32-14-21(23,24)25/h1,3-5,12-13H,2,6-11,14H2,(H,26,31)(H,27,30). The molecule has 0 unspecified atom stereocenters. The number of carbonyl (C=O) groups is 2. The van der Waals surface area contributed by atoms with E-state index in [0.717, 1.165) is 0 Å². The molecule has 1 fully saturated rings. The van der Waals surface area contributed by atoms with Crippen LogP contribution in [0.4, 0.5) is 29.3 Å². The van der Waals surface area contributed by atoms with Crippen molar-refractivity contribution in [2.24, 2.45) is 0 Å². The van der Waals surface area contributed by atoms with E-state index in [-0.39, 0.29) is 23.4 Å². The second kappa shape index (κ2) is 11.4. The molecule has 1 aromatic heterocycles. The zero-order valence-electron chi connectivity index (χ0n) is 17.7. The zero-order chi connectivity index (χ0) is 23.8. The van der Waals surface area contributed by atoms with Gasteiger partial charge in [-0.3, -0.25) is 9.69 Å². The molecule has 33 heavy (non-hydrogen) atoms. The van der Waals surface area contributed by atoms with Crippen LogP contribution in [0, 0.1) is 0 Å². The lowest BCUT2D eigenvalue weighted by Gasteiger charge is -2.34. The quantitative estimate of drug-likeness (QED) is 0.541. The lowest BCUT2D eigenvalue weighted by Crippen LogP contribution is -2.50. The number of rotatable bonds is 8. The Morgan fingerprint density at radius 3 is 2.52 bits per heavy atom. The van der Waals surface area contributed by atoms with Crippen LogP contribution in [0.25, 0.3) is 0 Å². The van der Waals surface area contributed by atoms with Crippen LogP contribution in [0.1, 0.15) is 17.0 Å². The highest BCUT2D eigenvalue weighted by Gasteiger charge is 2.27. The van der Waals surface area contributed by atoms with Crippen LogP contribution in [-0.2, 0) is 4.74 Å². The van der Waals surface area contributed by atoms with Crippen LogP contribution in [0.5, 0.6) is 0 Å². The Kier molecular flexibility index (Phi) is 8.59. The Morgan fingerprint density at radius 2 is 1.88 bits per heavy atom. The number of amides is 3. The lowest BCUT2D eigenvalue weighted by molar-refractivity contribution is -0.174. The van der Waals surface area contributed by atoms with Gasteiger partial charge in [-0.1, -0.05) is 11.6 Å². The van der Waals surface area contributed by atoms with Crippen molar-refractivity contribution in [2.45, 2.75) is 12.6 Å². The molecule has 0 saturated carbocycles. The average Bonchev–Trinajstić information content (AvgIpc) is 3.30. The van der Waals surface area contributed by atoms with E-state index in [1.54, 1.807) is 23.1 Å². The second-order valence-corrected chi connectivity index (χ2v) is 7.81. The highest BCUT2D eigenvalue weighted by molar-refractivity contribution is 6.34. The summed E-state index contributed by atoms with van der Waals surface area (Å²) in [6.07, 6.45) is -2.43. The molecule has 0 bridgehead atoms. The summed E-state index contributed by atoms with van der Waals surface area (Å²) in [4.78, 5) is 28.3. The second-order valence-electron chi connectivity index (χ2n) is 7.41. The molecule has 2 aromatic rings. The molecule has 1 aromatic carbocycles. The van der Waals surface area contributed by atoms with Gasteiger partial charge >= 0.3 is 12.2 Å². The fourth-order valence-electron chi connectivity index (χ4n) is 3.24. The van der Waals surface area contributed by atoms with Crippen molar-refractivity contribution in [1.29, 1.82) is 0 Å². The minimum absolute atomic E-state index is 0.0406. The van der Waals surface area contributed by atoms with Crippen LogP contribution in [0.2, 0.25) is 5.02 Å². The average molecular weight is 489 g/mol. The van der Waals surface area contributed by atoms with Crippen LogP contribution in [0.15, 0.2) is 41.0 Å². The highest BCUT2D eigenvalue weighted by atomic mass is 35.5. The summed E-state index contributed by atoms with van der Waals surface area (Å²) in [5.41, 5.74) is 0.856. The number of alkyl halides is 3. The van der Waals surface area contributed by atoms with E-state index in [1.165, 1.54) is 18.4 Å². The first-order valence-electron chi connectivity index (χ1n) is 10.3. The van der Waals surface area contributed by atoms with Crippen molar-refractivity contribution in [1.82, 2.24) is 9.80 Å². The molecule has 2 heterocycles. The maximum atomic E-state index is 12.5. The SMILES string of the molecule is O=C(Nc1ccc(NC(=O)N2CCN(CCCOCC(F)(F)F)CC2)cc1Cl)c1ccco1. The first-order chi connectivity index (χ1) is 15.7. The number of hydrogen-bond donors (Lipinski definition) is 2. The number of hydrogen-bond acceptors (Lipinski definition) is 5. The smallest absolute Gasteiger partial charge is 0.411 e. The maximum Gasteiger partial charge on any atom is 0.411 e. The largest absolute Gasteiger partial charge is 0.459 e. The molecular formula is C21H24ClF3N4O4. The van der Waals surface area contributed by atoms with Gasteiger partial charge in [0.05, 0.1) is 17.0 Å². The Bertz CT molecular complexity index is 932. The van der Waals surface area contributed by atoms with Gasteiger partial charge in [-0.15, -0.1) is 0 Å². The first-order valence-corrected chi connectivity index (χ1v) is 10.7. The summed E-state index contributed by atoms with van der Waals surface area (Å²) in [5, 5.41) is 5.67. The van der Waals surface area contributed by atoms with Gasteiger partial charge < -0.3 is 24.7 Å². The molecule has 1 aliphatic heterocycles. The molecule has 8 nitrogen and oxygen atoms in total. The number of urea groups is 1. The van der Waals surface area contributed by atoms with Gasteiger partial charge in [-0.05, 0) is 36.8 Å². The lowest BCUT2D eigenvalue weighted by atomic mass is 10.2. The van der Waals surface area contributed by atoms with E-state index in [9.17, 15) is 22.8 Å². The molecule has 12 heteroatoms. The predicted molar refractivity (Wildman–Crippen MR) is 117 cm³/mol. The van der Waals surface area contributed by atoms with Gasteiger partial charge in [0.2, 0.25) is 0 Å². The predicted octanol–water partition coefficient (Wildman–Crippen LogP) is 4.30. The van der Waals surface area contributed by atoms with E-state index in [2.05, 4.69) is 20.3 Å². The number of ether oxygens (including phenoxy) is 1. The zero-order valence-corrected chi connectivity index (χ0v) is 18.4. The van der Waals surface area contributed by atoms with Gasteiger partial charge in [-0.25, -0.2) is 4.79 Å². The summed E-state index contributed by atoms with van der Waals surface area (Å²) >= 11 is 6.23. The Balaban J connectivity index is 1.40. The summed E-state index contributed by atoms with van der Waals surface area (Å²) in [5.74, 6) is -0.292. The van der Waals surface area contributed by atoms with Gasteiger partial charge in [0, 0.05) is 45.0 Å². The number of nitrogens with one attached hydrogen (secondary N) is 2. The maximum absolute atomic E-state index is 12.5. The van der Waals surface area contributed by atoms with Gasteiger partial charge in [0.15, 0.2) is 5.76 Å². The van der Waals surface area contributed by atoms with Crippen LogP contribution < -0.4 is 10.6 Å². The molecule has 0 atom stereocenters. The van der Waals surface area contributed by atoms with Crippen molar-refractivity contribution < 1.29 is 31.9 Å². The van der Waals surface area contributed by atoms with Gasteiger partial charge in [-0.2, -0.15) is 13.2 Å². The number of benzene rings is 1. The summed E-state index contributed by atoms with van der Waals surface area (Å²) in [6.45, 7) is 1.62. The molecule has 180 valence electrons. The number of anilines is 2. The Morgan fingerprint density at radius 1 is 1.12 bits per heavy atom. The Labute approximate surface area is 193 Å². The summed E-state index contributed by atoms with van der Waals surface area (Å²) in [7, 11) is 0. The minimum atomic E-state index is -4.31. The number of carbonyl (C=O) groups excluding carboxylic acids is 2. The number of piperazine rings is 1. The summed E-state index contributed by atoms with van der Waals surface area (Å²) < 4.78 is 45.8. The van der Waals surface area contributed by atoms with E-state index in [0.29, 0.717) is 50.5 Å². The molecular weight excluding hydrogens is 465 g/mol. The molecule has 1 aliphatic rings. The fourth-order valence-corrected chi connectivity index (χ4v) is 3.47. The molecule has 0 aliphatic carbocycles. The van der Waals surface area contributed by atoms with E-state index in [4.69, 9.17) is 16.0 Å². The topological polar surface area (TPSA) is 87.1 Å². The van der Waals surface area contributed by atoms with Crippen molar-refractivity contribution in [2.75, 3.05) is 56.6 Å². The molecule has 0 spiro atoms. The Hall–Kier alpha value is -2.76. The number of halogens is 4. The number of furan rings is 1. The first kappa shape index (κ1) is 24.9. The third kappa shape index (κ3) is 7.95. The monoisotopic (exact) mass is 488 g/mol. The van der Waals surface area contributed by atoms with Crippen molar-refractivity contribution in [3.8, 4) is 0 Å². The normalized spacial score (nSPS) is 14.8. The molecule has 3 amide bonds. The van der Waals surface area contributed by atoms with Gasteiger partial charge in [0.1, 0.15) is 6.61 Å². The molecule has 0 radical (unpaired) electrons. The molecule has 2 N–H and O–H groups in total. The van der Waals surface area contributed by atoms with E-state index in [1.807, 2.05) is 0 Å². The third-order valence-corrected chi connectivity index (χ3v) is 5.21. The van der Waals surface area contributed by atoms with Crippen LogP contribution in [0.3, 0.4) is 0 Å². The molecule has 3 rings (SSSR count). The van der Waals surface area contributed by atoms with Gasteiger partial charge in [0.25, 0.3) is 5.91 Å². The minimum Gasteiger partial charge on any atom is -0.459 e. The highest BCUT2D eigenvalue weighted by Crippen LogP contribution is 2.26. The van der Waals surface area contributed by atoms with Crippen molar-refractivity contribution >= 4 is 34.9 Å².